The Balaban J connectivity index is 1.69. The van der Waals surface area contributed by atoms with Crippen molar-refractivity contribution < 1.29 is 22.8 Å². The third kappa shape index (κ3) is 6.94. The third-order valence-electron chi connectivity index (χ3n) is 3.72. The molecule has 0 atom stereocenters. The van der Waals surface area contributed by atoms with Crippen LogP contribution in [0.5, 0.6) is 0 Å². The van der Waals surface area contributed by atoms with Crippen molar-refractivity contribution in [2.45, 2.75) is 25.6 Å². The van der Waals surface area contributed by atoms with E-state index in [1.165, 1.54) is 12.1 Å². The van der Waals surface area contributed by atoms with Gasteiger partial charge < -0.3 is 10.6 Å². The number of carbonyl (C=O) groups is 2. The van der Waals surface area contributed by atoms with Gasteiger partial charge in [0.15, 0.2) is 0 Å². The molecular weight excluding hydrogens is 381 g/mol. The smallest absolute Gasteiger partial charge is 0.352 e. The van der Waals surface area contributed by atoms with Crippen LogP contribution in [-0.2, 0) is 17.5 Å². The molecule has 0 spiro atoms. The first-order chi connectivity index (χ1) is 12.8. The maximum atomic E-state index is 12.7. The zero-order chi connectivity index (χ0) is 19.9. The van der Waals surface area contributed by atoms with Crippen molar-refractivity contribution in [3.63, 3.8) is 0 Å². The van der Waals surface area contributed by atoms with Crippen molar-refractivity contribution in [2.75, 3.05) is 6.54 Å². The van der Waals surface area contributed by atoms with E-state index in [1.54, 1.807) is 24.3 Å². The van der Waals surface area contributed by atoms with E-state index in [0.717, 1.165) is 12.1 Å². The van der Waals surface area contributed by atoms with Gasteiger partial charge in [-0.2, -0.15) is 13.2 Å². The van der Waals surface area contributed by atoms with Crippen LogP contribution in [0.25, 0.3) is 0 Å². The second-order valence-electron chi connectivity index (χ2n) is 5.84. The predicted octanol–water partition coefficient (Wildman–Crippen LogP) is 4.19. The highest BCUT2D eigenvalue weighted by Gasteiger charge is 2.30. The van der Waals surface area contributed by atoms with Gasteiger partial charge in [0, 0.05) is 30.1 Å². The molecule has 0 unspecified atom stereocenters. The Bertz CT molecular complexity index is 792. The summed E-state index contributed by atoms with van der Waals surface area (Å²) in [6, 6.07) is 11.2. The lowest BCUT2D eigenvalue weighted by Crippen LogP contribution is -2.27. The summed E-state index contributed by atoms with van der Waals surface area (Å²) in [7, 11) is 0. The van der Waals surface area contributed by atoms with Gasteiger partial charge in [-0.15, -0.1) is 0 Å². The molecule has 144 valence electrons. The van der Waals surface area contributed by atoms with E-state index in [2.05, 4.69) is 10.6 Å². The van der Waals surface area contributed by atoms with Gasteiger partial charge in [-0.3, -0.25) is 9.59 Å². The second-order valence-corrected chi connectivity index (χ2v) is 6.28. The third-order valence-corrected chi connectivity index (χ3v) is 3.97. The Morgan fingerprint density at radius 3 is 2.37 bits per heavy atom. The van der Waals surface area contributed by atoms with Crippen LogP contribution in [0.3, 0.4) is 0 Å². The number of hydrogen-bond donors (Lipinski definition) is 2. The molecule has 8 heteroatoms. The van der Waals surface area contributed by atoms with Gasteiger partial charge in [-0.1, -0.05) is 23.7 Å². The van der Waals surface area contributed by atoms with Crippen LogP contribution in [-0.4, -0.2) is 18.4 Å². The maximum Gasteiger partial charge on any atom is 0.416 e. The fourth-order valence-corrected chi connectivity index (χ4v) is 2.43. The zero-order valence-corrected chi connectivity index (χ0v) is 15.0. The molecule has 0 saturated carbocycles. The molecule has 0 aliphatic carbocycles. The largest absolute Gasteiger partial charge is 0.416 e. The van der Waals surface area contributed by atoms with Crippen LogP contribution in [0.2, 0.25) is 5.02 Å². The average molecular weight is 399 g/mol. The van der Waals surface area contributed by atoms with E-state index < -0.39 is 11.7 Å². The lowest BCUT2D eigenvalue weighted by molar-refractivity contribution is -0.137. The summed E-state index contributed by atoms with van der Waals surface area (Å²) >= 11 is 5.75. The summed E-state index contributed by atoms with van der Waals surface area (Å²) in [4.78, 5) is 23.7. The fourth-order valence-electron chi connectivity index (χ4n) is 2.30. The zero-order valence-electron chi connectivity index (χ0n) is 14.3. The predicted molar refractivity (Wildman–Crippen MR) is 96.3 cm³/mol. The van der Waals surface area contributed by atoms with E-state index in [9.17, 15) is 22.8 Å². The average Bonchev–Trinajstić information content (AvgIpc) is 2.63. The van der Waals surface area contributed by atoms with Crippen LogP contribution in [0.4, 0.5) is 13.2 Å². The summed E-state index contributed by atoms with van der Waals surface area (Å²) in [5, 5.41) is 5.79. The van der Waals surface area contributed by atoms with Gasteiger partial charge in [-0.05, 0) is 48.4 Å². The summed E-state index contributed by atoms with van der Waals surface area (Å²) in [5.74, 6) is -0.566. The normalized spacial score (nSPS) is 11.1. The number of carbonyl (C=O) groups excluding carboxylic acids is 2. The quantitative estimate of drug-likeness (QED) is 0.687. The minimum absolute atomic E-state index is 0.0138. The molecule has 0 aliphatic rings. The minimum atomic E-state index is -4.41. The van der Waals surface area contributed by atoms with Crippen molar-refractivity contribution in [1.82, 2.24) is 10.6 Å². The van der Waals surface area contributed by atoms with Crippen molar-refractivity contribution in [2.24, 2.45) is 0 Å². The highest BCUT2D eigenvalue weighted by atomic mass is 35.5. The number of halogens is 4. The number of hydrogen-bond acceptors (Lipinski definition) is 2. The Hall–Kier alpha value is -2.54. The molecule has 0 saturated heterocycles. The molecule has 0 radical (unpaired) electrons. The standard InChI is InChI=1S/C19H18ClF3N2O2/c20-16-8-6-14(7-9-16)18(27)24-10-2-5-17(26)25-12-13-3-1-4-15(11-13)19(21,22)23/h1,3-4,6-9,11H,2,5,10,12H2,(H,24,27)(H,25,26). The molecule has 0 aromatic heterocycles. The van der Waals surface area contributed by atoms with Gasteiger partial charge in [0.2, 0.25) is 5.91 Å². The van der Waals surface area contributed by atoms with Crippen molar-refractivity contribution >= 4 is 23.4 Å². The molecule has 2 amide bonds. The van der Waals surface area contributed by atoms with E-state index in [4.69, 9.17) is 11.6 Å². The van der Waals surface area contributed by atoms with Crippen molar-refractivity contribution in [1.29, 1.82) is 0 Å². The Labute approximate surface area is 159 Å². The number of amides is 2. The first-order valence-electron chi connectivity index (χ1n) is 8.22. The van der Waals surface area contributed by atoms with Gasteiger partial charge in [-0.25, -0.2) is 0 Å². The molecule has 0 bridgehead atoms. The van der Waals surface area contributed by atoms with Gasteiger partial charge >= 0.3 is 6.18 Å². The molecule has 4 nitrogen and oxygen atoms in total. The summed E-state index contributed by atoms with van der Waals surface area (Å²) in [5.41, 5.74) is 0.0850. The van der Waals surface area contributed by atoms with E-state index in [-0.39, 0.29) is 24.8 Å². The highest BCUT2D eigenvalue weighted by Crippen LogP contribution is 2.29. The molecule has 2 N–H and O–H groups in total. The Kier molecular flexibility index (Phi) is 7.24. The molecule has 27 heavy (non-hydrogen) atoms. The van der Waals surface area contributed by atoms with Crippen LogP contribution in [0.15, 0.2) is 48.5 Å². The van der Waals surface area contributed by atoms with Gasteiger partial charge in [0.05, 0.1) is 5.56 Å². The van der Waals surface area contributed by atoms with E-state index >= 15 is 0 Å². The van der Waals surface area contributed by atoms with Crippen LogP contribution < -0.4 is 10.6 Å². The first-order valence-corrected chi connectivity index (χ1v) is 8.60. The van der Waals surface area contributed by atoms with E-state index in [1.807, 2.05) is 0 Å². The van der Waals surface area contributed by atoms with Crippen LogP contribution in [0.1, 0.15) is 34.3 Å². The minimum Gasteiger partial charge on any atom is -0.352 e. The maximum absolute atomic E-state index is 12.7. The molecule has 0 aliphatic heterocycles. The Morgan fingerprint density at radius 2 is 1.70 bits per heavy atom. The number of alkyl halides is 3. The fraction of sp³-hybridized carbons (Fsp3) is 0.263. The summed E-state index contributed by atoms with van der Waals surface area (Å²) in [6.45, 7) is 0.318. The molecule has 0 fully saturated rings. The number of rotatable bonds is 7. The molecule has 2 aromatic carbocycles. The molecule has 2 rings (SSSR count). The summed E-state index contributed by atoms with van der Waals surface area (Å²) in [6.07, 6.45) is -3.85. The lowest BCUT2D eigenvalue weighted by atomic mass is 10.1. The molecule has 2 aromatic rings. The molecule has 0 heterocycles. The van der Waals surface area contributed by atoms with Gasteiger partial charge in [0.25, 0.3) is 5.91 Å². The second kappa shape index (κ2) is 9.41. The van der Waals surface area contributed by atoms with Crippen molar-refractivity contribution in [3.8, 4) is 0 Å². The summed E-state index contributed by atoms with van der Waals surface area (Å²) < 4.78 is 38.0. The highest BCUT2D eigenvalue weighted by molar-refractivity contribution is 6.30. The number of benzene rings is 2. The lowest BCUT2D eigenvalue weighted by Gasteiger charge is -2.10. The van der Waals surface area contributed by atoms with Gasteiger partial charge in [0.1, 0.15) is 0 Å². The van der Waals surface area contributed by atoms with Crippen LogP contribution in [0, 0.1) is 0 Å². The Morgan fingerprint density at radius 1 is 1.00 bits per heavy atom. The number of nitrogens with one attached hydrogen (secondary N) is 2. The first kappa shape index (κ1) is 20.8. The monoisotopic (exact) mass is 398 g/mol. The SMILES string of the molecule is O=C(CCCNC(=O)c1ccc(Cl)cc1)NCc1cccc(C(F)(F)F)c1. The topological polar surface area (TPSA) is 58.2 Å². The molecular formula is C19H18ClF3N2O2. The van der Waals surface area contributed by atoms with E-state index in [0.29, 0.717) is 29.1 Å². The van der Waals surface area contributed by atoms with Crippen LogP contribution >= 0.6 is 11.6 Å². The van der Waals surface area contributed by atoms with Crippen molar-refractivity contribution in [3.05, 3.63) is 70.2 Å².